The van der Waals surface area contributed by atoms with Crippen molar-refractivity contribution in [3.8, 4) is 0 Å². The van der Waals surface area contributed by atoms with Crippen LogP contribution in [0, 0.1) is 12.8 Å². The number of hydrogen-bond acceptors (Lipinski definition) is 2. The van der Waals surface area contributed by atoms with E-state index in [0.29, 0.717) is 19.1 Å². The number of benzene rings is 1. The first-order valence-corrected chi connectivity index (χ1v) is 10.4. The Bertz CT molecular complexity index is 837. The first-order valence-electron chi connectivity index (χ1n) is 10.4. The maximum absolute atomic E-state index is 13.2. The molecular weight excluding hydrogens is 364 g/mol. The lowest BCUT2D eigenvalue weighted by Gasteiger charge is -2.29. The highest BCUT2D eigenvalue weighted by Crippen LogP contribution is 2.28. The average Bonchev–Trinajstić information content (AvgIpc) is 3.42. The van der Waals surface area contributed by atoms with Crippen molar-refractivity contribution in [1.82, 2.24) is 14.4 Å². The van der Waals surface area contributed by atoms with Gasteiger partial charge in [0.15, 0.2) is 0 Å². The topological polar surface area (TPSA) is 57.6 Å². The summed E-state index contributed by atoms with van der Waals surface area (Å²) in [5.41, 5.74) is 2.98. The average molecular weight is 397 g/mol. The predicted molar refractivity (Wildman–Crippen MR) is 116 cm³/mol. The van der Waals surface area contributed by atoms with Gasteiger partial charge in [-0.15, -0.1) is 0 Å². The van der Waals surface area contributed by atoms with Gasteiger partial charge in [-0.2, -0.15) is 0 Å². The summed E-state index contributed by atoms with van der Waals surface area (Å²) < 4.78 is 2.04. The van der Waals surface area contributed by atoms with E-state index >= 15 is 0 Å². The summed E-state index contributed by atoms with van der Waals surface area (Å²) in [5.74, 6) is 0.280. The first-order chi connectivity index (χ1) is 13.8. The highest BCUT2D eigenvalue weighted by molar-refractivity contribution is 5.92. The molecule has 0 saturated heterocycles. The van der Waals surface area contributed by atoms with Crippen LogP contribution in [0.4, 0.5) is 10.5 Å². The fraction of sp³-hybridized carbons (Fsp3) is 0.478. The quantitative estimate of drug-likeness (QED) is 0.733. The highest BCUT2D eigenvalue weighted by atomic mass is 16.2. The van der Waals surface area contributed by atoms with Crippen molar-refractivity contribution in [3.05, 3.63) is 53.9 Å². The Hall–Kier alpha value is -2.76. The molecule has 1 saturated carbocycles. The zero-order valence-electron chi connectivity index (χ0n) is 17.9. The van der Waals surface area contributed by atoms with Crippen molar-refractivity contribution in [2.75, 3.05) is 18.4 Å². The molecule has 1 aliphatic rings. The van der Waals surface area contributed by atoms with Crippen LogP contribution in [0.1, 0.15) is 37.9 Å². The molecule has 1 aromatic heterocycles. The molecule has 6 nitrogen and oxygen atoms in total. The molecule has 3 rings (SSSR count). The molecule has 0 unspecified atom stereocenters. The van der Waals surface area contributed by atoms with Gasteiger partial charge in [-0.1, -0.05) is 31.5 Å². The van der Waals surface area contributed by atoms with E-state index < -0.39 is 0 Å². The number of nitrogens with one attached hydrogen (secondary N) is 1. The Morgan fingerprint density at radius 1 is 1.17 bits per heavy atom. The predicted octanol–water partition coefficient (Wildman–Crippen LogP) is 4.01. The second kappa shape index (κ2) is 9.16. The van der Waals surface area contributed by atoms with Crippen LogP contribution in [0.15, 0.2) is 42.6 Å². The summed E-state index contributed by atoms with van der Waals surface area (Å²) >= 11 is 0. The Balaban J connectivity index is 1.68. The molecule has 1 aromatic carbocycles. The third-order valence-electron chi connectivity index (χ3n) is 5.19. The Kier molecular flexibility index (Phi) is 6.62. The van der Waals surface area contributed by atoms with Gasteiger partial charge in [0.05, 0.1) is 6.54 Å². The standard InChI is InChI=1S/C23H32N4O2/c1-17(2)14-26(23(29)24-19-9-7-18(3)8-10-19)16-22(28)27(20-11-12-20)15-21-6-5-13-25(21)4/h5-10,13,17,20H,11-12,14-16H2,1-4H3,(H,24,29). The molecular formula is C23H32N4O2. The summed E-state index contributed by atoms with van der Waals surface area (Å²) in [6.45, 7) is 7.33. The van der Waals surface area contributed by atoms with Crippen LogP contribution in [0.2, 0.25) is 0 Å². The van der Waals surface area contributed by atoms with Gasteiger partial charge in [0.1, 0.15) is 6.54 Å². The molecule has 156 valence electrons. The van der Waals surface area contributed by atoms with Gasteiger partial charge in [-0.25, -0.2) is 4.79 Å². The zero-order chi connectivity index (χ0) is 21.0. The lowest BCUT2D eigenvalue weighted by Crippen LogP contribution is -2.46. The summed E-state index contributed by atoms with van der Waals surface area (Å²) in [6, 6.07) is 11.8. The third-order valence-corrected chi connectivity index (χ3v) is 5.19. The van der Waals surface area contributed by atoms with Crippen LogP contribution in [-0.4, -0.2) is 45.4 Å². The lowest BCUT2D eigenvalue weighted by molar-refractivity contribution is -0.133. The molecule has 1 N–H and O–H groups in total. The van der Waals surface area contributed by atoms with Gasteiger partial charge >= 0.3 is 6.03 Å². The largest absolute Gasteiger partial charge is 0.353 e. The van der Waals surface area contributed by atoms with E-state index in [9.17, 15) is 9.59 Å². The molecule has 1 heterocycles. The van der Waals surface area contributed by atoms with Crippen molar-refractivity contribution in [2.24, 2.45) is 13.0 Å². The number of hydrogen-bond donors (Lipinski definition) is 1. The molecule has 0 radical (unpaired) electrons. The molecule has 29 heavy (non-hydrogen) atoms. The molecule has 1 fully saturated rings. The highest BCUT2D eigenvalue weighted by Gasteiger charge is 2.34. The van der Waals surface area contributed by atoms with E-state index in [1.54, 1.807) is 4.90 Å². The van der Waals surface area contributed by atoms with E-state index in [4.69, 9.17) is 0 Å². The SMILES string of the molecule is Cc1ccc(NC(=O)N(CC(=O)N(Cc2cccn2C)C2CC2)CC(C)C)cc1. The van der Waals surface area contributed by atoms with Gasteiger partial charge in [-0.05, 0) is 49.9 Å². The normalized spacial score (nSPS) is 13.4. The number of aryl methyl sites for hydroxylation is 2. The number of urea groups is 1. The summed E-state index contributed by atoms with van der Waals surface area (Å²) in [5, 5.41) is 2.93. The van der Waals surface area contributed by atoms with E-state index in [0.717, 1.165) is 29.8 Å². The number of rotatable bonds is 8. The number of carbonyl (C=O) groups is 2. The zero-order valence-corrected chi connectivity index (χ0v) is 17.9. The molecule has 0 bridgehead atoms. The maximum atomic E-state index is 13.2. The van der Waals surface area contributed by atoms with E-state index in [1.807, 2.05) is 66.0 Å². The first kappa shape index (κ1) is 21.0. The van der Waals surface area contributed by atoms with Gasteiger partial charge in [0, 0.05) is 37.2 Å². The number of carbonyl (C=O) groups excluding carboxylic acids is 2. The fourth-order valence-electron chi connectivity index (χ4n) is 3.40. The van der Waals surface area contributed by atoms with Gasteiger partial charge in [0.2, 0.25) is 5.91 Å². The maximum Gasteiger partial charge on any atom is 0.322 e. The molecule has 3 amide bonds. The van der Waals surface area contributed by atoms with Gasteiger partial charge in [-0.3, -0.25) is 4.79 Å². The minimum Gasteiger partial charge on any atom is -0.353 e. The number of nitrogens with zero attached hydrogens (tertiary/aromatic N) is 3. The lowest BCUT2D eigenvalue weighted by atomic mass is 10.2. The van der Waals surface area contributed by atoms with Crippen molar-refractivity contribution in [1.29, 1.82) is 0 Å². The summed E-state index contributed by atoms with van der Waals surface area (Å²) in [6.07, 6.45) is 4.07. The van der Waals surface area contributed by atoms with Crippen molar-refractivity contribution in [3.63, 3.8) is 0 Å². The molecule has 0 aliphatic heterocycles. The molecule has 0 atom stereocenters. The number of anilines is 1. The van der Waals surface area contributed by atoms with Gasteiger partial charge in [0.25, 0.3) is 0 Å². The van der Waals surface area contributed by atoms with Crippen LogP contribution in [-0.2, 0) is 18.4 Å². The van der Waals surface area contributed by atoms with E-state index in [2.05, 4.69) is 19.2 Å². The smallest absolute Gasteiger partial charge is 0.322 e. The minimum absolute atomic E-state index is 0.00778. The summed E-state index contributed by atoms with van der Waals surface area (Å²) in [4.78, 5) is 29.6. The van der Waals surface area contributed by atoms with Crippen LogP contribution < -0.4 is 5.32 Å². The van der Waals surface area contributed by atoms with E-state index in [1.165, 1.54) is 0 Å². The van der Waals surface area contributed by atoms with Crippen LogP contribution in [0.5, 0.6) is 0 Å². The molecule has 1 aliphatic carbocycles. The second-order valence-electron chi connectivity index (χ2n) is 8.43. The Morgan fingerprint density at radius 2 is 1.86 bits per heavy atom. The second-order valence-corrected chi connectivity index (χ2v) is 8.43. The molecule has 0 spiro atoms. The molecule has 2 aromatic rings. The Labute approximate surface area is 173 Å². The minimum atomic E-state index is -0.231. The van der Waals surface area contributed by atoms with Gasteiger partial charge < -0.3 is 19.7 Å². The third kappa shape index (κ3) is 5.86. The van der Waals surface area contributed by atoms with Crippen molar-refractivity contribution >= 4 is 17.6 Å². The van der Waals surface area contributed by atoms with Crippen molar-refractivity contribution < 1.29 is 9.59 Å². The fourth-order valence-corrected chi connectivity index (χ4v) is 3.40. The van der Waals surface area contributed by atoms with Crippen LogP contribution >= 0.6 is 0 Å². The van der Waals surface area contributed by atoms with Crippen LogP contribution in [0.25, 0.3) is 0 Å². The molecule has 6 heteroatoms. The monoisotopic (exact) mass is 396 g/mol. The van der Waals surface area contributed by atoms with Crippen molar-refractivity contribution in [2.45, 2.75) is 46.2 Å². The summed E-state index contributed by atoms with van der Waals surface area (Å²) in [7, 11) is 1.99. The van der Waals surface area contributed by atoms with E-state index in [-0.39, 0.29) is 24.4 Å². The van der Waals surface area contributed by atoms with Crippen LogP contribution in [0.3, 0.4) is 0 Å². The number of aromatic nitrogens is 1. The Morgan fingerprint density at radius 3 is 2.41 bits per heavy atom. The number of amides is 3.